The van der Waals surface area contributed by atoms with E-state index >= 15 is 0 Å². The van der Waals surface area contributed by atoms with Crippen LogP contribution in [0.3, 0.4) is 0 Å². The third kappa shape index (κ3) is 6.07. The van der Waals surface area contributed by atoms with Gasteiger partial charge in [0.25, 0.3) is 17.4 Å². The van der Waals surface area contributed by atoms with Gasteiger partial charge in [-0.05, 0) is 55.5 Å². The summed E-state index contributed by atoms with van der Waals surface area (Å²) in [6.45, 7) is 0.406. The van der Waals surface area contributed by atoms with Crippen LogP contribution in [0, 0.1) is 0 Å². The molecule has 2 N–H and O–H groups in total. The zero-order chi connectivity index (χ0) is 23.0. The first-order valence-electron chi connectivity index (χ1n) is 11.1. The highest BCUT2D eigenvalue weighted by Crippen LogP contribution is 2.28. The maximum Gasteiger partial charge on any atom is 0.290 e. The van der Waals surface area contributed by atoms with E-state index in [0.29, 0.717) is 10.6 Å². The number of rotatable bonds is 6. The molecule has 0 spiro atoms. The molecule has 172 valence electrons. The molecule has 0 aliphatic heterocycles. The summed E-state index contributed by atoms with van der Waals surface area (Å²) in [6.07, 6.45) is 6.72. The molecule has 0 unspecified atom stereocenters. The summed E-state index contributed by atoms with van der Waals surface area (Å²) in [5, 5.41) is 4.09. The minimum atomic E-state index is -0.601. The molecule has 0 atom stereocenters. The van der Waals surface area contributed by atoms with Crippen LogP contribution in [0.1, 0.15) is 56.3 Å². The Hall–Kier alpha value is -3.46. The van der Waals surface area contributed by atoms with Gasteiger partial charge in [0.15, 0.2) is 5.69 Å². The van der Waals surface area contributed by atoms with Gasteiger partial charge in [-0.15, -0.1) is 11.3 Å². The molecule has 2 amide bonds. The molecule has 0 saturated carbocycles. The van der Waals surface area contributed by atoms with Crippen LogP contribution in [0.2, 0.25) is 0 Å². The summed E-state index contributed by atoms with van der Waals surface area (Å²) in [7, 11) is 0. The summed E-state index contributed by atoms with van der Waals surface area (Å²) in [6, 6.07) is 13.7. The fraction of sp³-hybridized carbons (Fsp3) is 0.333. The number of carbonyl (C=O) groups is 2. The molecular formula is C24H26N4O4S. The van der Waals surface area contributed by atoms with E-state index in [0.717, 1.165) is 25.7 Å². The van der Waals surface area contributed by atoms with Crippen molar-refractivity contribution in [2.45, 2.75) is 45.1 Å². The minimum absolute atomic E-state index is 0.0214. The second kappa shape index (κ2) is 10.9. The van der Waals surface area contributed by atoms with E-state index in [-0.39, 0.29) is 30.3 Å². The Kier molecular flexibility index (Phi) is 7.51. The van der Waals surface area contributed by atoms with Crippen molar-refractivity contribution in [3.63, 3.8) is 0 Å². The molecule has 33 heavy (non-hydrogen) atoms. The topological polar surface area (TPSA) is 102 Å². The van der Waals surface area contributed by atoms with Gasteiger partial charge >= 0.3 is 0 Å². The SMILES string of the molecule is O=C(NNC(=O)c1cc2c(s1)CCCCCC2)c1ccc(=O)n(CCOc2ccccc2)n1. The number of benzene rings is 1. The van der Waals surface area contributed by atoms with E-state index in [2.05, 4.69) is 16.0 Å². The molecular weight excluding hydrogens is 440 g/mol. The average Bonchev–Trinajstić information content (AvgIpc) is 3.21. The number of aryl methyl sites for hydroxylation is 2. The summed E-state index contributed by atoms with van der Waals surface area (Å²) in [5.41, 5.74) is 5.76. The second-order valence-corrected chi connectivity index (χ2v) is 8.96. The summed E-state index contributed by atoms with van der Waals surface area (Å²) in [4.78, 5) is 39.0. The van der Waals surface area contributed by atoms with Crippen molar-refractivity contribution in [1.82, 2.24) is 20.6 Å². The highest BCUT2D eigenvalue weighted by Gasteiger charge is 2.17. The number of amides is 2. The van der Waals surface area contributed by atoms with Gasteiger partial charge in [-0.25, -0.2) is 4.68 Å². The van der Waals surface area contributed by atoms with Crippen molar-refractivity contribution in [2.24, 2.45) is 0 Å². The quantitative estimate of drug-likeness (QED) is 0.544. The van der Waals surface area contributed by atoms with Gasteiger partial charge in [0.2, 0.25) is 0 Å². The number of carbonyl (C=O) groups excluding carboxylic acids is 2. The lowest BCUT2D eigenvalue weighted by Gasteiger charge is -2.09. The first-order valence-corrected chi connectivity index (χ1v) is 11.9. The maximum atomic E-state index is 12.6. The predicted molar refractivity (Wildman–Crippen MR) is 126 cm³/mol. The Bertz CT molecular complexity index is 1150. The van der Waals surface area contributed by atoms with Crippen LogP contribution in [0.4, 0.5) is 0 Å². The second-order valence-electron chi connectivity index (χ2n) is 7.82. The van der Waals surface area contributed by atoms with Gasteiger partial charge in [0.05, 0.1) is 11.4 Å². The zero-order valence-electron chi connectivity index (χ0n) is 18.2. The number of thiophene rings is 1. The van der Waals surface area contributed by atoms with Crippen molar-refractivity contribution in [1.29, 1.82) is 0 Å². The van der Waals surface area contributed by atoms with Gasteiger partial charge in [-0.2, -0.15) is 5.10 Å². The number of nitrogens with one attached hydrogen (secondary N) is 2. The van der Waals surface area contributed by atoms with E-state index in [9.17, 15) is 14.4 Å². The van der Waals surface area contributed by atoms with E-state index in [1.54, 1.807) is 0 Å². The van der Waals surface area contributed by atoms with Gasteiger partial charge in [0.1, 0.15) is 12.4 Å². The van der Waals surface area contributed by atoms with E-state index in [1.165, 1.54) is 51.4 Å². The largest absolute Gasteiger partial charge is 0.492 e. The van der Waals surface area contributed by atoms with Gasteiger partial charge in [0, 0.05) is 10.9 Å². The third-order valence-electron chi connectivity index (χ3n) is 5.42. The third-order valence-corrected chi connectivity index (χ3v) is 6.66. The number of fused-ring (bicyclic) bond motifs is 1. The predicted octanol–water partition coefficient (Wildman–Crippen LogP) is 3.12. The van der Waals surface area contributed by atoms with Crippen LogP contribution in [-0.2, 0) is 19.4 Å². The van der Waals surface area contributed by atoms with Crippen molar-refractivity contribution < 1.29 is 14.3 Å². The molecule has 1 aliphatic carbocycles. The van der Waals surface area contributed by atoms with Crippen LogP contribution in [0.15, 0.2) is 53.3 Å². The van der Waals surface area contributed by atoms with Crippen LogP contribution in [0.25, 0.3) is 0 Å². The number of hydrazine groups is 1. The van der Waals surface area contributed by atoms with Crippen LogP contribution in [-0.4, -0.2) is 28.2 Å². The molecule has 0 radical (unpaired) electrons. The Morgan fingerprint density at radius 1 is 0.970 bits per heavy atom. The van der Waals surface area contributed by atoms with Crippen molar-refractivity contribution in [3.8, 4) is 5.75 Å². The molecule has 2 aromatic heterocycles. The molecule has 4 rings (SSSR count). The fourth-order valence-electron chi connectivity index (χ4n) is 3.69. The highest BCUT2D eigenvalue weighted by atomic mass is 32.1. The summed E-state index contributed by atoms with van der Waals surface area (Å²) < 4.78 is 6.75. The molecule has 2 heterocycles. The molecule has 0 fully saturated rings. The standard InChI is InChI=1S/C24H26N4O4S/c29-22-13-12-19(27-28(22)14-15-32-18-9-5-3-6-10-18)23(30)25-26-24(31)21-16-17-8-4-1-2-7-11-20(17)33-21/h3,5-6,9-10,12-13,16H,1-2,4,7-8,11,14-15H2,(H,25,30)(H,26,31). The molecule has 0 saturated heterocycles. The van der Waals surface area contributed by atoms with E-state index in [1.807, 2.05) is 36.4 Å². The number of nitrogens with zero attached hydrogens (tertiary/aromatic N) is 2. The van der Waals surface area contributed by atoms with Crippen LogP contribution < -0.4 is 21.1 Å². The van der Waals surface area contributed by atoms with Crippen molar-refractivity contribution >= 4 is 23.2 Å². The van der Waals surface area contributed by atoms with E-state index in [4.69, 9.17) is 4.74 Å². The minimum Gasteiger partial charge on any atom is -0.492 e. The maximum absolute atomic E-state index is 12.6. The van der Waals surface area contributed by atoms with Crippen LogP contribution in [0.5, 0.6) is 5.75 Å². The van der Waals surface area contributed by atoms with Crippen molar-refractivity contribution in [2.75, 3.05) is 6.61 Å². The highest BCUT2D eigenvalue weighted by molar-refractivity contribution is 7.14. The first-order chi connectivity index (χ1) is 16.1. The Morgan fingerprint density at radius 3 is 2.55 bits per heavy atom. The fourth-order valence-corrected chi connectivity index (χ4v) is 4.84. The number of aromatic nitrogens is 2. The number of hydrogen-bond donors (Lipinski definition) is 2. The Morgan fingerprint density at radius 2 is 1.73 bits per heavy atom. The smallest absolute Gasteiger partial charge is 0.290 e. The number of hydrogen-bond acceptors (Lipinski definition) is 6. The molecule has 1 aromatic carbocycles. The summed E-state index contributed by atoms with van der Waals surface area (Å²) in [5.74, 6) is -0.274. The molecule has 3 aromatic rings. The monoisotopic (exact) mass is 466 g/mol. The molecule has 8 nitrogen and oxygen atoms in total. The lowest BCUT2D eigenvalue weighted by molar-refractivity contribution is 0.0844. The molecule has 1 aliphatic rings. The molecule has 9 heteroatoms. The average molecular weight is 467 g/mol. The normalized spacial score (nSPS) is 13.3. The van der Waals surface area contributed by atoms with Gasteiger partial charge < -0.3 is 4.74 Å². The Balaban J connectivity index is 1.33. The lowest BCUT2D eigenvalue weighted by Crippen LogP contribution is -2.42. The van der Waals surface area contributed by atoms with Gasteiger partial charge in [-0.1, -0.05) is 31.0 Å². The number of para-hydroxylation sites is 1. The van der Waals surface area contributed by atoms with Crippen molar-refractivity contribution in [3.05, 3.63) is 79.9 Å². The lowest BCUT2D eigenvalue weighted by atomic mass is 10.00. The Labute approximate surface area is 195 Å². The number of ether oxygens (including phenoxy) is 1. The summed E-state index contributed by atoms with van der Waals surface area (Å²) >= 11 is 1.49. The molecule has 0 bridgehead atoms. The van der Waals surface area contributed by atoms with E-state index < -0.39 is 5.91 Å². The van der Waals surface area contributed by atoms with Gasteiger partial charge in [-0.3, -0.25) is 25.2 Å². The first kappa shape index (κ1) is 22.7. The zero-order valence-corrected chi connectivity index (χ0v) is 19.0. The van der Waals surface area contributed by atoms with Crippen LogP contribution >= 0.6 is 11.3 Å².